The van der Waals surface area contributed by atoms with Crippen molar-refractivity contribution < 1.29 is 40.7 Å². The molecule has 14 nitrogen and oxygen atoms in total. The molecule has 330 valence electrons. The zero-order valence-electron chi connectivity index (χ0n) is 34.2. The van der Waals surface area contributed by atoms with Crippen LogP contribution in [0.15, 0.2) is 110 Å². The third-order valence-corrected chi connectivity index (χ3v) is 10.7. The number of nitrogens with one attached hydrogen (secondary N) is 2. The zero-order chi connectivity index (χ0) is 45.5. The monoisotopic (exact) mass is 891 g/mol. The van der Waals surface area contributed by atoms with E-state index < -0.39 is 35.3 Å². The SMILES string of the molecule is Cc1cc(-c2ccccc2C(F)(F)F)nn2c(C(=O)Nc3cc(Cc4cc(-c5ccccc5C(F)(F)F)nn5c(C(=O)Nc6cccc(CN7CCOCC7)n6)cnc45)ccn3)cnc12. The van der Waals surface area contributed by atoms with Crippen molar-refractivity contribution in [1.82, 2.24) is 44.1 Å². The molecule has 0 unspecified atom stereocenters. The number of morpholine rings is 1. The third-order valence-electron chi connectivity index (χ3n) is 10.7. The molecular weight excluding hydrogens is 857 g/mol. The molecule has 0 bridgehead atoms. The summed E-state index contributed by atoms with van der Waals surface area (Å²) in [6.45, 7) is 4.86. The van der Waals surface area contributed by atoms with Gasteiger partial charge in [-0.15, -0.1) is 0 Å². The van der Waals surface area contributed by atoms with E-state index in [0.717, 1.165) is 29.7 Å². The van der Waals surface area contributed by atoms with Crippen LogP contribution in [0.4, 0.5) is 38.0 Å². The summed E-state index contributed by atoms with van der Waals surface area (Å²) in [6.07, 6.45) is -5.44. The number of nitrogens with zero attached hydrogens (tertiary/aromatic N) is 9. The minimum Gasteiger partial charge on any atom is -0.379 e. The Morgan fingerprint density at radius 1 is 0.677 bits per heavy atom. The lowest BCUT2D eigenvalue weighted by Crippen LogP contribution is -2.35. The number of carbonyl (C=O) groups is 2. The van der Waals surface area contributed by atoms with E-state index in [2.05, 4.69) is 45.7 Å². The minimum atomic E-state index is -4.73. The van der Waals surface area contributed by atoms with E-state index in [9.17, 15) is 35.9 Å². The quantitative estimate of drug-likeness (QED) is 0.128. The van der Waals surface area contributed by atoms with Gasteiger partial charge in [0.1, 0.15) is 11.6 Å². The summed E-state index contributed by atoms with van der Waals surface area (Å²) in [5.74, 6) is -1.06. The van der Waals surface area contributed by atoms with Crippen LogP contribution in [0.2, 0.25) is 0 Å². The van der Waals surface area contributed by atoms with Gasteiger partial charge in [-0.1, -0.05) is 42.5 Å². The minimum absolute atomic E-state index is 0.0269. The molecule has 9 rings (SSSR count). The summed E-state index contributed by atoms with van der Waals surface area (Å²) >= 11 is 0. The standard InChI is InChI=1S/C45H35F6N11O3/c1-26-19-34(30-8-2-4-10-32(30)44(46,47)48)58-61-36(23-53-40(26)61)43(64)57-39-21-27(13-14-52-39)20-28-22-35(31-9-3-5-11-33(31)45(49,50)51)59-62-37(24-54-41(28)62)42(63)56-38-12-6-7-29(55-38)25-60-15-17-65-18-16-60/h2-14,19,21-24H,15-18,20,25H2,1H3,(H,52,57,64)(H,55,56,63). The fourth-order valence-corrected chi connectivity index (χ4v) is 7.62. The van der Waals surface area contributed by atoms with Crippen LogP contribution in [0.5, 0.6) is 0 Å². The number of carbonyl (C=O) groups excluding carboxylic acids is 2. The maximum atomic E-state index is 14.4. The van der Waals surface area contributed by atoms with Crippen molar-refractivity contribution in [2.24, 2.45) is 0 Å². The number of rotatable bonds is 10. The van der Waals surface area contributed by atoms with Gasteiger partial charge in [-0.3, -0.25) is 14.5 Å². The van der Waals surface area contributed by atoms with Gasteiger partial charge in [-0.05, 0) is 66.6 Å². The van der Waals surface area contributed by atoms with E-state index in [-0.39, 0.29) is 63.3 Å². The molecule has 0 aliphatic carbocycles. The number of hydrogen-bond acceptors (Lipinski definition) is 10. The van der Waals surface area contributed by atoms with Crippen molar-refractivity contribution in [1.29, 1.82) is 0 Å². The summed E-state index contributed by atoms with van der Waals surface area (Å²) in [4.78, 5) is 47.4. The molecule has 0 saturated carbocycles. The molecule has 65 heavy (non-hydrogen) atoms. The van der Waals surface area contributed by atoms with Crippen LogP contribution in [0.1, 0.15) is 54.5 Å². The number of ether oxygens (including phenoxy) is 1. The Hall–Kier alpha value is -7.58. The maximum Gasteiger partial charge on any atom is 0.417 e. The Bertz CT molecular complexity index is 3110. The normalized spacial score (nSPS) is 13.6. The fraction of sp³-hybridized carbons (Fsp3) is 0.200. The Balaban J connectivity index is 1.03. The second kappa shape index (κ2) is 17.2. The van der Waals surface area contributed by atoms with Gasteiger partial charge in [-0.2, -0.15) is 36.5 Å². The first kappa shape index (κ1) is 42.7. The molecule has 1 aliphatic rings. The summed E-state index contributed by atoms with van der Waals surface area (Å²) in [5.41, 5.74) is 0.00457. The van der Waals surface area contributed by atoms with Crippen LogP contribution < -0.4 is 10.6 Å². The lowest BCUT2D eigenvalue weighted by molar-refractivity contribution is -0.137. The number of aromatic nitrogens is 8. The number of aryl methyl sites for hydroxylation is 1. The first-order chi connectivity index (χ1) is 31.2. The number of halogens is 6. The van der Waals surface area contributed by atoms with Gasteiger partial charge in [0, 0.05) is 48.9 Å². The van der Waals surface area contributed by atoms with E-state index in [1.807, 2.05) is 6.07 Å². The van der Waals surface area contributed by atoms with Crippen LogP contribution in [-0.4, -0.2) is 82.2 Å². The third kappa shape index (κ3) is 8.98. The van der Waals surface area contributed by atoms with Gasteiger partial charge >= 0.3 is 12.4 Å². The molecule has 2 aromatic carbocycles. The highest BCUT2D eigenvalue weighted by molar-refractivity contribution is 6.03. The van der Waals surface area contributed by atoms with Crippen LogP contribution >= 0.6 is 0 Å². The fourth-order valence-electron chi connectivity index (χ4n) is 7.62. The van der Waals surface area contributed by atoms with Gasteiger partial charge in [0.05, 0.1) is 53.8 Å². The lowest BCUT2D eigenvalue weighted by atomic mass is 10.0. The second-order valence-electron chi connectivity index (χ2n) is 15.1. The summed E-state index contributed by atoms with van der Waals surface area (Å²) in [6, 6.07) is 21.2. The van der Waals surface area contributed by atoms with Crippen LogP contribution in [-0.2, 0) is 30.1 Å². The Kier molecular flexibility index (Phi) is 11.3. The lowest BCUT2D eigenvalue weighted by Gasteiger charge is -2.26. The second-order valence-corrected chi connectivity index (χ2v) is 15.1. The van der Waals surface area contributed by atoms with Gasteiger partial charge in [-0.25, -0.2) is 29.0 Å². The smallest absolute Gasteiger partial charge is 0.379 e. The van der Waals surface area contributed by atoms with E-state index in [1.54, 1.807) is 25.1 Å². The van der Waals surface area contributed by atoms with Gasteiger partial charge in [0.25, 0.3) is 11.8 Å². The highest BCUT2D eigenvalue weighted by Crippen LogP contribution is 2.38. The molecule has 2 amide bonds. The van der Waals surface area contributed by atoms with Gasteiger partial charge in [0.2, 0.25) is 0 Å². The largest absolute Gasteiger partial charge is 0.417 e. The van der Waals surface area contributed by atoms with Crippen molar-refractivity contribution in [3.05, 3.63) is 154 Å². The molecule has 1 fully saturated rings. The number of fused-ring (bicyclic) bond motifs is 2. The van der Waals surface area contributed by atoms with Crippen molar-refractivity contribution in [2.75, 3.05) is 36.9 Å². The molecule has 1 saturated heterocycles. The van der Waals surface area contributed by atoms with E-state index in [4.69, 9.17) is 4.74 Å². The molecule has 1 aliphatic heterocycles. The molecule has 8 aromatic rings. The Morgan fingerprint density at radius 2 is 1.26 bits per heavy atom. The van der Waals surface area contributed by atoms with Crippen molar-refractivity contribution >= 4 is 34.7 Å². The van der Waals surface area contributed by atoms with E-state index in [1.165, 1.54) is 77.7 Å². The molecule has 2 N–H and O–H groups in total. The number of amides is 2. The first-order valence-corrected chi connectivity index (χ1v) is 20.1. The number of imidazole rings is 2. The van der Waals surface area contributed by atoms with E-state index in [0.29, 0.717) is 42.1 Å². The number of hydrogen-bond donors (Lipinski definition) is 2. The van der Waals surface area contributed by atoms with Crippen LogP contribution in [0.25, 0.3) is 33.8 Å². The number of anilines is 2. The highest BCUT2D eigenvalue weighted by atomic mass is 19.4. The Labute approximate surface area is 365 Å². The van der Waals surface area contributed by atoms with Gasteiger partial charge < -0.3 is 15.4 Å². The molecule has 0 atom stereocenters. The Morgan fingerprint density at radius 3 is 1.91 bits per heavy atom. The molecular formula is C45H35F6N11O3. The average Bonchev–Trinajstić information content (AvgIpc) is 3.92. The number of benzene rings is 2. The number of pyridine rings is 2. The topological polar surface area (TPSA) is 157 Å². The zero-order valence-corrected chi connectivity index (χ0v) is 34.2. The molecule has 20 heteroatoms. The predicted octanol–water partition coefficient (Wildman–Crippen LogP) is 8.17. The molecule has 7 heterocycles. The highest BCUT2D eigenvalue weighted by Gasteiger charge is 2.35. The summed E-state index contributed by atoms with van der Waals surface area (Å²) in [5, 5.41) is 14.3. The summed E-state index contributed by atoms with van der Waals surface area (Å²) < 4.78 is 92.6. The van der Waals surface area contributed by atoms with Crippen LogP contribution in [0.3, 0.4) is 0 Å². The summed E-state index contributed by atoms with van der Waals surface area (Å²) in [7, 11) is 0. The van der Waals surface area contributed by atoms with Crippen molar-refractivity contribution in [3.63, 3.8) is 0 Å². The predicted molar refractivity (Wildman–Crippen MR) is 225 cm³/mol. The van der Waals surface area contributed by atoms with Gasteiger partial charge in [0.15, 0.2) is 22.7 Å². The van der Waals surface area contributed by atoms with Crippen molar-refractivity contribution in [2.45, 2.75) is 32.2 Å². The maximum absolute atomic E-state index is 14.4. The van der Waals surface area contributed by atoms with Crippen molar-refractivity contribution in [3.8, 4) is 22.5 Å². The number of alkyl halides is 6. The average molecular weight is 892 g/mol. The molecule has 6 aromatic heterocycles. The first-order valence-electron chi connectivity index (χ1n) is 20.1. The molecule has 0 radical (unpaired) electrons. The molecule has 0 spiro atoms. The van der Waals surface area contributed by atoms with E-state index >= 15 is 0 Å². The van der Waals surface area contributed by atoms with Crippen LogP contribution in [0, 0.1) is 6.92 Å².